The van der Waals surface area contributed by atoms with Gasteiger partial charge in [-0.2, -0.15) is 5.10 Å². The van der Waals surface area contributed by atoms with E-state index in [2.05, 4.69) is 10.4 Å². The molecule has 0 radical (unpaired) electrons. The van der Waals surface area contributed by atoms with Crippen LogP contribution in [0.4, 0.5) is 4.79 Å². The van der Waals surface area contributed by atoms with Gasteiger partial charge in [0.1, 0.15) is 11.8 Å². The number of aryl methyl sites for hydroxylation is 1. The third-order valence-corrected chi connectivity index (χ3v) is 5.33. The number of benzene rings is 2. The second-order valence-corrected chi connectivity index (χ2v) is 7.37. The van der Waals surface area contributed by atoms with Crippen LogP contribution in [0.2, 0.25) is 5.15 Å². The topological polar surface area (TPSA) is 93.5 Å². The number of ether oxygens (including phenoxy) is 1. The molecule has 0 bridgehead atoms. The smallest absolute Gasteiger partial charge is 0.338 e. The highest BCUT2D eigenvalue weighted by Gasteiger charge is 2.28. The molecule has 1 fully saturated rings. The van der Waals surface area contributed by atoms with Gasteiger partial charge >= 0.3 is 12.0 Å². The van der Waals surface area contributed by atoms with E-state index in [1.54, 1.807) is 35.9 Å². The number of nitrogens with zero attached hydrogens (tertiary/aromatic N) is 3. The first-order valence-electron chi connectivity index (χ1n) is 9.57. The number of amides is 3. The zero-order valence-corrected chi connectivity index (χ0v) is 17.4. The molecule has 3 amide bonds. The number of rotatable bonds is 6. The van der Waals surface area contributed by atoms with Crippen LogP contribution in [0.15, 0.2) is 54.6 Å². The van der Waals surface area contributed by atoms with E-state index in [1.165, 1.54) is 0 Å². The molecule has 31 heavy (non-hydrogen) atoms. The maximum Gasteiger partial charge on any atom is 0.338 e. The molecule has 0 spiro atoms. The number of carbonyl (C=O) groups excluding carboxylic acids is 3. The fraction of sp³-hybridized carbons (Fsp3) is 0.182. The lowest BCUT2D eigenvalue weighted by Crippen LogP contribution is -2.30. The van der Waals surface area contributed by atoms with Crippen molar-refractivity contribution in [2.24, 2.45) is 0 Å². The third-order valence-electron chi connectivity index (χ3n) is 4.94. The van der Waals surface area contributed by atoms with Crippen molar-refractivity contribution in [3.05, 3.63) is 82.1 Å². The highest BCUT2D eigenvalue weighted by atomic mass is 35.5. The molecule has 1 saturated heterocycles. The Balaban J connectivity index is 1.41. The molecule has 0 atom stereocenters. The maximum absolute atomic E-state index is 12.5. The molecule has 2 heterocycles. The second kappa shape index (κ2) is 8.61. The Hall–Kier alpha value is -3.65. The highest BCUT2D eigenvalue weighted by molar-refractivity contribution is 6.30. The van der Waals surface area contributed by atoms with Crippen molar-refractivity contribution in [2.45, 2.75) is 20.1 Å². The van der Waals surface area contributed by atoms with Gasteiger partial charge < -0.3 is 10.1 Å². The Morgan fingerprint density at radius 3 is 2.48 bits per heavy atom. The van der Waals surface area contributed by atoms with E-state index in [4.69, 9.17) is 16.3 Å². The van der Waals surface area contributed by atoms with Gasteiger partial charge in [0.05, 0.1) is 30.0 Å². The summed E-state index contributed by atoms with van der Waals surface area (Å²) in [7, 11) is 0. The number of aromatic nitrogens is 2. The monoisotopic (exact) mass is 438 g/mol. The molecule has 158 valence electrons. The summed E-state index contributed by atoms with van der Waals surface area (Å²) >= 11 is 6.46. The van der Waals surface area contributed by atoms with Gasteiger partial charge in [-0.3, -0.25) is 9.69 Å². The van der Waals surface area contributed by atoms with Crippen molar-refractivity contribution in [1.29, 1.82) is 0 Å². The Morgan fingerprint density at radius 2 is 1.84 bits per heavy atom. The fourth-order valence-corrected chi connectivity index (χ4v) is 3.53. The van der Waals surface area contributed by atoms with Crippen LogP contribution in [0.5, 0.6) is 0 Å². The number of nitrogens with one attached hydrogen (secondary N) is 1. The van der Waals surface area contributed by atoms with Crippen molar-refractivity contribution in [2.75, 3.05) is 6.54 Å². The predicted molar refractivity (Wildman–Crippen MR) is 113 cm³/mol. The average Bonchev–Trinajstić information content (AvgIpc) is 3.25. The van der Waals surface area contributed by atoms with Crippen molar-refractivity contribution >= 4 is 29.5 Å². The average molecular weight is 439 g/mol. The quantitative estimate of drug-likeness (QED) is 0.471. The SMILES string of the molecule is Cc1nn(-c2ccccc2)c(Cl)c1COC(=O)c1ccc(CN2C(=O)CNC2=O)cc1. The van der Waals surface area contributed by atoms with Crippen molar-refractivity contribution < 1.29 is 19.1 Å². The van der Waals surface area contributed by atoms with E-state index < -0.39 is 12.0 Å². The zero-order valence-electron chi connectivity index (χ0n) is 16.7. The summed E-state index contributed by atoms with van der Waals surface area (Å²) in [4.78, 5) is 36.9. The minimum atomic E-state index is -0.510. The number of hydrogen-bond donors (Lipinski definition) is 1. The molecule has 1 aliphatic heterocycles. The summed E-state index contributed by atoms with van der Waals surface area (Å²) in [5.41, 5.74) is 3.20. The second-order valence-electron chi connectivity index (χ2n) is 7.01. The van der Waals surface area contributed by atoms with Crippen LogP contribution in [0.3, 0.4) is 0 Å². The fourth-order valence-electron chi connectivity index (χ4n) is 3.20. The lowest BCUT2D eigenvalue weighted by Gasteiger charge is -2.12. The molecule has 2 aromatic carbocycles. The summed E-state index contributed by atoms with van der Waals surface area (Å²) in [5, 5.41) is 7.29. The van der Waals surface area contributed by atoms with Crippen LogP contribution < -0.4 is 5.32 Å². The normalized spacial score (nSPS) is 13.4. The predicted octanol–water partition coefficient (Wildman–Crippen LogP) is 3.24. The van der Waals surface area contributed by atoms with Crippen LogP contribution in [0.1, 0.15) is 27.2 Å². The third kappa shape index (κ3) is 4.29. The van der Waals surface area contributed by atoms with Gasteiger partial charge in [-0.15, -0.1) is 0 Å². The van der Waals surface area contributed by atoms with E-state index in [0.29, 0.717) is 22.0 Å². The summed E-state index contributed by atoms with van der Waals surface area (Å²) in [6.07, 6.45) is 0. The van der Waals surface area contributed by atoms with Gasteiger partial charge in [-0.25, -0.2) is 14.3 Å². The van der Waals surface area contributed by atoms with E-state index in [9.17, 15) is 14.4 Å². The highest BCUT2D eigenvalue weighted by Crippen LogP contribution is 2.24. The minimum Gasteiger partial charge on any atom is -0.457 e. The number of para-hydroxylation sites is 1. The van der Waals surface area contributed by atoms with Crippen LogP contribution in [-0.2, 0) is 22.7 Å². The van der Waals surface area contributed by atoms with Gasteiger partial charge in [0.15, 0.2) is 0 Å². The molecule has 8 nitrogen and oxygen atoms in total. The molecule has 9 heteroatoms. The van der Waals surface area contributed by atoms with E-state index in [-0.39, 0.29) is 25.6 Å². The Labute approximate surface area is 183 Å². The van der Waals surface area contributed by atoms with E-state index in [0.717, 1.165) is 16.2 Å². The van der Waals surface area contributed by atoms with Crippen molar-refractivity contribution in [3.63, 3.8) is 0 Å². The van der Waals surface area contributed by atoms with Gasteiger partial charge in [-0.1, -0.05) is 41.9 Å². The number of hydrogen-bond acceptors (Lipinski definition) is 5. The van der Waals surface area contributed by atoms with Crippen LogP contribution >= 0.6 is 11.6 Å². The molecule has 3 aromatic rings. The lowest BCUT2D eigenvalue weighted by atomic mass is 10.1. The molecule has 1 aromatic heterocycles. The molecule has 0 unspecified atom stereocenters. The standard InChI is InChI=1S/C22H19ClN4O4/c1-14-18(20(23)27(25-14)17-5-3-2-4-6-17)13-31-21(29)16-9-7-15(8-10-16)12-26-19(28)11-24-22(26)30/h2-10H,11-13H2,1H3,(H,24,30). The number of imide groups is 1. The van der Waals surface area contributed by atoms with Crippen molar-refractivity contribution in [3.8, 4) is 5.69 Å². The van der Waals surface area contributed by atoms with Gasteiger partial charge in [-0.05, 0) is 36.8 Å². The summed E-state index contributed by atoms with van der Waals surface area (Å²) in [6.45, 7) is 1.94. The summed E-state index contributed by atoms with van der Waals surface area (Å²) < 4.78 is 7.03. The summed E-state index contributed by atoms with van der Waals surface area (Å²) in [5.74, 6) is -0.791. The van der Waals surface area contributed by atoms with Crippen LogP contribution in [-0.4, -0.2) is 39.1 Å². The molecular formula is C22H19ClN4O4. The van der Waals surface area contributed by atoms with E-state index in [1.807, 2.05) is 30.3 Å². The maximum atomic E-state index is 12.5. The van der Waals surface area contributed by atoms with Crippen molar-refractivity contribution in [1.82, 2.24) is 20.0 Å². The molecule has 1 N–H and O–H groups in total. The largest absolute Gasteiger partial charge is 0.457 e. The molecular weight excluding hydrogens is 420 g/mol. The number of urea groups is 1. The lowest BCUT2D eigenvalue weighted by molar-refractivity contribution is -0.125. The Bertz CT molecular complexity index is 1130. The van der Waals surface area contributed by atoms with Crippen LogP contribution in [0.25, 0.3) is 5.69 Å². The molecule has 1 aliphatic rings. The molecule has 4 rings (SSSR count). The molecule has 0 saturated carbocycles. The Kier molecular flexibility index (Phi) is 5.73. The first-order chi connectivity index (χ1) is 14.9. The van der Waals surface area contributed by atoms with Gasteiger partial charge in [0.25, 0.3) is 0 Å². The van der Waals surface area contributed by atoms with Gasteiger partial charge in [0, 0.05) is 5.56 Å². The number of halogens is 1. The first kappa shape index (κ1) is 20.6. The summed E-state index contributed by atoms with van der Waals surface area (Å²) in [6, 6.07) is 15.6. The van der Waals surface area contributed by atoms with Crippen LogP contribution in [0, 0.1) is 6.92 Å². The zero-order chi connectivity index (χ0) is 22.0. The molecule has 0 aliphatic carbocycles. The Morgan fingerprint density at radius 1 is 1.13 bits per heavy atom. The van der Waals surface area contributed by atoms with E-state index >= 15 is 0 Å². The number of carbonyl (C=O) groups is 3. The first-order valence-corrected chi connectivity index (χ1v) is 9.95. The van der Waals surface area contributed by atoms with Gasteiger partial charge in [0.2, 0.25) is 5.91 Å². The number of esters is 1. The minimum absolute atomic E-state index is 0.00603.